The standard InChI is InChI=1S/C19H19FN2O6/c1-10(24)11-4-5-14(13(20)7-11)21-18(27)12-3-2-6-22(8-12)19-17(26)16(25)15(9-23)28-19/h2-8,15-17,19,23,25-26H,9H2,1H3/p+1/t15-,16-,17-,19-/m1/s1. The molecule has 1 saturated heterocycles. The lowest BCUT2D eigenvalue weighted by Crippen LogP contribution is -2.46. The molecule has 0 radical (unpaired) electrons. The van der Waals surface area contributed by atoms with E-state index in [0.29, 0.717) is 0 Å². The highest BCUT2D eigenvalue weighted by Gasteiger charge is 2.48. The van der Waals surface area contributed by atoms with Gasteiger partial charge in [0, 0.05) is 11.6 Å². The number of pyridine rings is 1. The minimum absolute atomic E-state index is 0.0849. The van der Waals surface area contributed by atoms with Gasteiger partial charge in [-0.1, -0.05) is 0 Å². The van der Waals surface area contributed by atoms with Gasteiger partial charge in [-0.25, -0.2) is 4.39 Å². The van der Waals surface area contributed by atoms with Crippen molar-refractivity contribution in [1.82, 2.24) is 0 Å². The Morgan fingerprint density at radius 3 is 2.57 bits per heavy atom. The first-order chi connectivity index (χ1) is 13.3. The molecular formula is C19H20FN2O6+. The van der Waals surface area contributed by atoms with E-state index in [0.717, 1.165) is 6.07 Å². The highest BCUT2D eigenvalue weighted by Crippen LogP contribution is 2.25. The number of anilines is 1. The van der Waals surface area contributed by atoms with Crippen molar-refractivity contribution in [3.05, 3.63) is 59.7 Å². The maximum atomic E-state index is 14.1. The van der Waals surface area contributed by atoms with Crippen LogP contribution in [0.3, 0.4) is 0 Å². The van der Waals surface area contributed by atoms with Gasteiger partial charge in [-0.2, -0.15) is 4.57 Å². The van der Waals surface area contributed by atoms with Crippen LogP contribution in [0.5, 0.6) is 0 Å². The summed E-state index contributed by atoms with van der Waals surface area (Å²) in [6, 6.07) is 6.76. The molecule has 2 aromatic rings. The number of Topliss-reactive ketones (excluding diaryl/α,β-unsaturated/α-hetero) is 1. The molecule has 28 heavy (non-hydrogen) atoms. The number of benzene rings is 1. The first-order valence-electron chi connectivity index (χ1n) is 8.57. The number of ketones is 1. The molecule has 0 spiro atoms. The number of carbonyl (C=O) groups is 2. The summed E-state index contributed by atoms with van der Waals surface area (Å²) in [6.45, 7) is 0.846. The molecule has 0 unspecified atom stereocenters. The number of nitrogens with one attached hydrogen (secondary N) is 1. The molecule has 0 saturated carbocycles. The summed E-state index contributed by atoms with van der Waals surface area (Å²) < 4.78 is 20.9. The monoisotopic (exact) mass is 391 g/mol. The molecule has 1 fully saturated rings. The number of halogens is 1. The number of amides is 1. The minimum Gasteiger partial charge on any atom is -0.394 e. The number of aliphatic hydroxyl groups is 3. The fraction of sp³-hybridized carbons (Fsp3) is 0.316. The van der Waals surface area contributed by atoms with Gasteiger partial charge >= 0.3 is 0 Å². The molecule has 1 aromatic heterocycles. The molecule has 1 amide bonds. The van der Waals surface area contributed by atoms with Crippen molar-refractivity contribution < 1.29 is 38.6 Å². The fourth-order valence-electron chi connectivity index (χ4n) is 2.94. The molecule has 4 N–H and O–H groups in total. The van der Waals surface area contributed by atoms with Crippen molar-refractivity contribution in [2.75, 3.05) is 11.9 Å². The highest BCUT2D eigenvalue weighted by molar-refractivity contribution is 6.04. The lowest BCUT2D eigenvalue weighted by atomic mass is 10.1. The van der Waals surface area contributed by atoms with Crippen LogP contribution < -0.4 is 9.88 Å². The van der Waals surface area contributed by atoms with Gasteiger partial charge in [-0.3, -0.25) is 9.59 Å². The van der Waals surface area contributed by atoms with Gasteiger partial charge in [-0.15, -0.1) is 0 Å². The number of nitrogens with zero attached hydrogens (tertiary/aromatic N) is 1. The number of ether oxygens (including phenoxy) is 1. The van der Waals surface area contributed by atoms with Gasteiger partial charge in [0.2, 0.25) is 0 Å². The first-order valence-corrected chi connectivity index (χ1v) is 8.57. The number of hydrogen-bond acceptors (Lipinski definition) is 6. The van der Waals surface area contributed by atoms with E-state index in [2.05, 4.69) is 5.32 Å². The molecule has 0 aliphatic carbocycles. The predicted octanol–water partition coefficient (Wildman–Crippen LogP) is 0.180. The van der Waals surface area contributed by atoms with E-state index in [4.69, 9.17) is 4.74 Å². The van der Waals surface area contributed by atoms with Crippen molar-refractivity contribution in [1.29, 1.82) is 0 Å². The number of carbonyl (C=O) groups excluding carboxylic acids is 2. The maximum absolute atomic E-state index is 14.1. The number of rotatable bonds is 5. The Hall–Kier alpha value is -2.72. The van der Waals surface area contributed by atoms with E-state index in [1.165, 1.54) is 48.1 Å². The number of hydrogen-bond donors (Lipinski definition) is 4. The van der Waals surface area contributed by atoms with Crippen LogP contribution in [-0.4, -0.2) is 51.9 Å². The van der Waals surface area contributed by atoms with Gasteiger partial charge in [0.05, 0.1) is 12.3 Å². The largest absolute Gasteiger partial charge is 0.394 e. The molecule has 3 rings (SSSR count). The van der Waals surface area contributed by atoms with Gasteiger partial charge in [-0.05, 0) is 31.2 Å². The van der Waals surface area contributed by atoms with Crippen molar-refractivity contribution in [3.8, 4) is 0 Å². The summed E-state index contributed by atoms with van der Waals surface area (Å²) in [5, 5.41) is 31.6. The zero-order chi connectivity index (χ0) is 20.4. The Bertz CT molecular complexity index is 906. The van der Waals surface area contributed by atoms with E-state index < -0.39 is 42.9 Å². The summed E-state index contributed by atoms with van der Waals surface area (Å²) in [6.07, 6.45) is -1.60. The van der Waals surface area contributed by atoms with Crippen LogP contribution in [0.25, 0.3) is 0 Å². The minimum atomic E-state index is -1.29. The van der Waals surface area contributed by atoms with Crippen LogP contribution in [0.2, 0.25) is 0 Å². The first kappa shape index (κ1) is 20.0. The van der Waals surface area contributed by atoms with Crippen LogP contribution in [0.4, 0.5) is 10.1 Å². The van der Waals surface area contributed by atoms with Gasteiger partial charge in [0.15, 0.2) is 24.3 Å². The van der Waals surface area contributed by atoms with Crippen LogP contribution in [0.1, 0.15) is 33.9 Å². The van der Waals surface area contributed by atoms with Gasteiger partial charge < -0.3 is 25.4 Å². The summed E-state index contributed by atoms with van der Waals surface area (Å²) in [5.74, 6) is -1.65. The Kier molecular flexibility index (Phi) is 5.80. The lowest BCUT2D eigenvalue weighted by molar-refractivity contribution is -0.765. The van der Waals surface area contributed by atoms with Crippen LogP contribution in [0.15, 0.2) is 42.7 Å². The molecule has 9 heteroatoms. The molecule has 1 aliphatic heterocycles. The zero-order valence-electron chi connectivity index (χ0n) is 14.9. The van der Waals surface area contributed by atoms with Crippen LogP contribution >= 0.6 is 0 Å². The van der Waals surface area contributed by atoms with E-state index in [9.17, 15) is 29.3 Å². The van der Waals surface area contributed by atoms with Crippen molar-refractivity contribution in [2.24, 2.45) is 0 Å². The predicted molar refractivity (Wildman–Crippen MR) is 94.0 cm³/mol. The Balaban J connectivity index is 1.79. The van der Waals surface area contributed by atoms with E-state index in [1.54, 1.807) is 0 Å². The van der Waals surface area contributed by atoms with Gasteiger partial charge in [0.25, 0.3) is 12.1 Å². The topological polar surface area (TPSA) is 120 Å². The summed E-state index contributed by atoms with van der Waals surface area (Å²) >= 11 is 0. The third-order valence-electron chi connectivity index (χ3n) is 4.52. The van der Waals surface area contributed by atoms with Crippen molar-refractivity contribution in [3.63, 3.8) is 0 Å². The lowest BCUT2D eigenvalue weighted by Gasteiger charge is -2.11. The maximum Gasteiger partial charge on any atom is 0.292 e. The van der Waals surface area contributed by atoms with Crippen LogP contribution in [-0.2, 0) is 4.74 Å². The third kappa shape index (κ3) is 3.92. The molecular weight excluding hydrogens is 371 g/mol. The van der Waals surface area contributed by atoms with E-state index in [1.807, 2.05) is 0 Å². The van der Waals surface area contributed by atoms with Gasteiger partial charge in [0.1, 0.15) is 23.6 Å². The molecule has 0 bridgehead atoms. The second-order valence-electron chi connectivity index (χ2n) is 6.47. The van der Waals surface area contributed by atoms with Crippen molar-refractivity contribution >= 4 is 17.4 Å². The average molecular weight is 391 g/mol. The second-order valence-corrected chi connectivity index (χ2v) is 6.47. The Labute approximate surface area is 159 Å². The second kappa shape index (κ2) is 8.11. The highest BCUT2D eigenvalue weighted by atomic mass is 19.1. The Morgan fingerprint density at radius 2 is 1.96 bits per heavy atom. The van der Waals surface area contributed by atoms with Crippen LogP contribution in [0, 0.1) is 5.82 Å². The third-order valence-corrected chi connectivity index (χ3v) is 4.52. The van der Waals surface area contributed by atoms with Crippen molar-refractivity contribution in [2.45, 2.75) is 31.5 Å². The zero-order valence-corrected chi connectivity index (χ0v) is 14.9. The average Bonchev–Trinajstić information content (AvgIpc) is 2.97. The van der Waals surface area contributed by atoms with E-state index in [-0.39, 0.29) is 22.6 Å². The SMILES string of the molecule is CC(=O)c1ccc(NC(=O)c2ccc[n+]([C@@H]3O[C@H](CO)[C@@H](O)[C@H]3O)c2)c(F)c1. The molecule has 4 atom stereocenters. The molecule has 2 heterocycles. The molecule has 148 valence electrons. The smallest absolute Gasteiger partial charge is 0.292 e. The summed E-state index contributed by atoms with van der Waals surface area (Å²) in [7, 11) is 0. The number of aliphatic hydroxyl groups excluding tert-OH is 3. The summed E-state index contributed by atoms with van der Waals surface area (Å²) in [5.41, 5.74) is 0.256. The molecule has 1 aromatic carbocycles. The summed E-state index contributed by atoms with van der Waals surface area (Å²) in [4.78, 5) is 23.8. The molecule has 8 nitrogen and oxygen atoms in total. The fourth-order valence-corrected chi connectivity index (χ4v) is 2.94. The molecule has 1 aliphatic rings. The normalized spacial score (nSPS) is 24.2. The quantitative estimate of drug-likeness (QED) is 0.426. The van der Waals surface area contributed by atoms with E-state index >= 15 is 0 Å². The number of aromatic nitrogens is 1. The Morgan fingerprint density at radius 1 is 1.21 bits per heavy atom.